The molecule has 0 radical (unpaired) electrons. The molecule has 3 aliphatic rings. The summed E-state index contributed by atoms with van der Waals surface area (Å²) < 4.78 is 6.83. The normalized spacial score (nSPS) is 14.6. The summed E-state index contributed by atoms with van der Waals surface area (Å²) in [5.74, 6) is 0. The van der Waals surface area contributed by atoms with Crippen molar-refractivity contribution in [3.05, 3.63) is 299 Å². The van der Waals surface area contributed by atoms with Gasteiger partial charge in [0.15, 0.2) is 5.58 Å². The van der Waals surface area contributed by atoms with Crippen molar-refractivity contribution in [3.63, 3.8) is 0 Å². The van der Waals surface area contributed by atoms with Crippen LogP contribution in [0.4, 0.5) is 34.1 Å². The number of fused-ring (bicyclic) bond motifs is 12. The van der Waals surface area contributed by atoms with E-state index in [1.54, 1.807) is 0 Å². The Morgan fingerprint density at radius 3 is 1.45 bits per heavy atom. The first-order valence-electron chi connectivity index (χ1n) is 26.7. The number of benzene rings is 11. The molecular formula is C73H54N2O. The average Bonchev–Trinajstić information content (AvgIpc) is 4.24. The number of nitrogens with zero attached hydrogens (tertiary/aromatic N) is 2. The third-order valence-electron chi connectivity index (χ3n) is 17.3. The maximum Gasteiger partial charge on any atom is 0.159 e. The van der Waals surface area contributed by atoms with Crippen molar-refractivity contribution < 1.29 is 4.42 Å². The van der Waals surface area contributed by atoms with Crippen LogP contribution in [0, 0.1) is 0 Å². The van der Waals surface area contributed by atoms with E-state index in [0.29, 0.717) is 0 Å². The molecule has 12 aromatic rings. The van der Waals surface area contributed by atoms with Gasteiger partial charge in [0.25, 0.3) is 0 Å². The van der Waals surface area contributed by atoms with Crippen molar-refractivity contribution in [1.29, 1.82) is 0 Å². The molecule has 0 unspecified atom stereocenters. The van der Waals surface area contributed by atoms with Gasteiger partial charge in [-0.1, -0.05) is 210 Å². The molecule has 1 aromatic heterocycles. The lowest BCUT2D eigenvalue weighted by molar-refractivity contribution is 0.660. The molecule has 0 atom stereocenters. The van der Waals surface area contributed by atoms with Gasteiger partial charge in [-0.05, 0) is 151 Å². The van der Waals surface area contributed by atoms with E-state index in [1.165, 1.54) is 77.9 Å². The van der Waals surface area contributed by atoms with Crippen molar-refractivity contribution in [1.82, 2.24) is 0 Å². The molecule has 362 valence electrons. The third-order valence-corrected chi connectivity index (χ3v) is 17.3. The maximum absolute atomic E-state index is 6.83. The van der Waals surface area contributed by atoms with Crippen LogP contribution in [0.1, 0.15) is 72.2 Å². The van der Waals surface area contributed by atoms with E-state index in [1.807, 2.05) is 0 Å². The highest BCUT2D eigenvalue weighted by Gasteiger charge is 2.46. The minimum absolute atomic E-state index is 0.114. The minimum atomic E-state index is -0.550. The van der Waals surface area contributed by atoms with Crippen LogP contribution < -0.4 is 9.80 Å². The van der Waals surface area contributed by atoms with E-state index in [9.17, 15) is 0 Å². The molecule has 15 rings (SSSR count). The van der Waals surface area contributed by atoms with E-state index in [-0.39, 0.29) is 10.8 Å². The molecule has 0 bridgehead atoms. The Morgan fingerprint density at radius 2 is 0.750 bits per heavy atom. The third kappa shape index (κ3) is 6.23. The molecule has 0 N–H and O–H groups in total. The number of para-hydroxylation sites is 2. The summed E-state index contributed by atoms with van der Waals surface area (Å²) in [6.07, 6.45) is 0. The molecule has 0 fully saturated rings. The Balaban J connectivity index is 0.935. The largest absolute Gasteiger partial charge is 0.454 e. The number of rotatable bonds is 8. The summed E-state index contributed by atoms with van der Waals surface area (Å²) in [4.78, 5) is 4.86. The monoisotopic (exact) mass is 974 g/mol. The topological polar surface area (TPSA) is 19.6 Å². The van der Waals surface area contributed by atoms with Gasteiger partial charge in [0.05, 0.1) is 11.1 Å². The fourth-order valence-electron chi connectivity index (χ4n) is 13.8. The first-order chi connectivity index (χ1) is 37.2. The quantitative estimate of drug-likeness (QED) is 0.151. The van der Waals surface area contributed by atoms with Crippen molar-refractivity contribution in [2.75, 3.05) is 9.80 Å². The number of hydrogen-bond acceptors (Lipinski definition) is 3. The zero-order valence-electron chi connectivity index (χ0n) is 43.1. The van der Waals surface area contributed by atoms with Crippen LogP contribution in [0.5, 0.6) is 0 Å². The van der Waals surface area contributed by atoms with Crippen LogP contribution in [0.2, 0.25) is 0 Å². The Labute approximate surface area is 444 Å². The number of anilines is 6. The van der Waals surface area contributed by atoms with Crippen LogP contribution in [0.25, 0.3) is 55.3 Å². The van der Waals surface area contributed by atoms with Crippen molar-refractivity contribution in [3.8, 4) is 33.4 Å². The van der Waals surface area contributed by atoms with Gasteiger partial charge in [-0.15, -0.1) is 0 Å². The van der Waals surface area contributed by atoms with E-state index in [0.717, 1.165) is 56.1 Å². The number of furan rings is 1. The zero-order valence-corrected chi connectivity index (χ0v) is 43.1. The van der Waals surface area contributed by atoms with Crippen LogP contribution in [0.15, 0.2) is 259 Å². The second kappa shape index (κ2) is 16.4. The van der Waals surface area contributed by atoms with Crippen molar-refractivity contribution >= 4 is 56.1 Å². The lowest BCUT2D eigenvalue weighted by Gasteiger charge is -2.35. The van der Waals surface area contributed by atoms with E-state index in [2.05, 4.69) is 292 Å². The SMILES string of the molecule is CC1(C)c2ccccc2-c2cc(N(c3ccc(N(c4cccc(C5(c6ccccc6)c6ccccc6-c6ccccc65)c4)c4ccc5c(c4)C(C)(C)c4ccccc4-5)cc3)c3cccc4c3oc3ccccc34)ccc21. The van der Waals surface area contributed by atoms with Gasteiger partial charge in [0.1, 0.15) is 5.58 Å². The first-order valence-corrected chi connectivity index (χ1v) is 26.7. The van der Waals surface area contributed by atoms with E-state index in [4.69, 9.17) is 4.42 Å². The summed E-state index contributed by atoms with van der Waals surface area (Å²) in [5.41, 5.74) is 25.4. The highest BCUT2D eigenvalue weighted by atomic mass is 16.3. The summed E-state index contributed by atoms with van der Waals surface area (Å²) in [5, 5.41) is 2.20. The van der Waals surface area contributed by atoms with Crippen molar-refractivity contribution in [2.45, 2.75) is 43.9 Å². The van der Waals surface area contributed by atoms with E-state index >= 15 is 0 Å². The van der Waals surface area contributed by atoms with Gasteiger partial charge in [-0.3, -0.25) is 0 Å². The van der Waals surface area contributed by atoms with Crippen LogP contribution in [0.3, 0.4) is 0 Å². The molecule has 0 amide bonds. The Hall–Kier alpha value is -9.18. The summed E-state index contributed by atoms with van der Waals surface area (Å²) in [6.45, 7) is 9.43. The minimum Gasteiger partial charge on any atom is -0.454 e. The first kappa shape index (κ1) is 44.3. The zero-order chi connectivity index (χ0) is 50.9. The van der Waals surface area contributed by atoms with Crippen LogP contribution >= 0.6 is 0 Å². The maximum atomic E-state index is 6.83. The molecule has 11 aromatic carbocycles. The number of hydrogen-bond donors (Lipinski definition) is 0. The fourth-order valence-corrected chi connectivity index (χ4v) is 13.8. The van der Waals surface area contributed by atoms with Gasteiger partial charge < -0.3 is 14.2 Å². The Morgan fingerprint density at radius 1 is 0.289 bits per heavy atom. The fraction of sp³-hybridized carbons (Fsp3) is 0.0959. The second-order valence-electron chi connectivity index (χ2n) is 22.0. The molecule has 76 heavy (non-hydrogen) atoms. The van der Waals surface area contributed by atoms with Gasteiger partial charge in [0, 0.05) is 50.0 Å². The highest BCUT2D eigenvalue weighted by Crippen LogP contribution is 2.58. The molecule has 3 nitrogen and oxygen atoms in total. The molecule has 0 spiro atoms. The van der Waals surface area contributed by atoms with Crippen LogP contribution in [-0.2, 0) is 16.2 Å². The summed E-state index contributed by atoms with van der Waals surface area (Å²) in [6, 6.07) is 94.5. The summed E-state index contributed by atoms with van der Waals surface area (Å²) in [7, 11) is 0. The highest BCUT2D eigenvalue weighted by molar-refractivity contribution is 6.10. The van der Waals surface area contributed by atoms with Gasteiger partial charge in [-0.2, -0.15) is 0 Å². The molecule has 0 saturated heterocycles. The lowest BCUT2D eigenvalue weighted by Crippen LogP contribution is -2.28. The Kier molecular flexibility index (Phi) is 9.57. The second-order valence-corrected chi connectivity index (χ2v) is 22.0. The van der Waals surface area contributed by atoms with Crippen molar-refractivity contribution in [2.24, 2.45) is 0 Å². The Bertz CT molecular complexity index is 4260. The summed E-state index contributed by atoms with van der Waals surface area (Å²) >= 11 is 0. The predicted octanol–water partition coefficient (Wildman–Crippen LogP) is 19.5. The predicted molar refractivity (Wildman–Crippen MR) is 316 cm³/mol. The molecule has 0 aliphatic heterocycles. The average molecular weight is 975 g/mol. The smallest absolute Gasteiger partial charge is 0.159 e. The molecule has 3 heteroatoms. The molecule has 3 aliphatic carbocycles. The lowest BCUT2D eigenvalue weighted by atomic mass is 9.67. The molecular weight excluding hydrogens is 921 g/mol. The van der Waals surface area contributed by atoms with E-state index < -0.39 is 5.41 Å². The standard InChI is InChI=1S/C73H54N2O/c1-71(2)63-31-14-9-27-57(63)61-45-52(41-43-64(61)71)75(68-34-19-29-60-59-28-12-17-35-69(59)76-70(60)68)50-38-36-49(37-39-50)74(53-40-42-58-54-24-8-13-30-62(54)72(3,4)67(58)46-53)51-23-18-22-48(44-51)73(47-20-6-5-7-21-47)65-32-15-10-25-55(65)56-26-11-16-33-66(56)73/h5-46H,1-4H3. The van der Waals surface area contributed by atoms with Gasteiger partial charge in [0.2, 0.25) is 0 Å². The van der Waals surface area contributed by atoms with Gasteiger partial charge >= 0.3 is 0 Å². The van der Waals surface area contributed by atoms with Gasteiger partial charge in [-0.25, -0.2) is 0 Å². The molecule has 0 saturated carbocycles. The van der Waals surface area contributed by atoms with Crippen LogP contribution in [-0.4, -0.2) is 0 Å². The molecule has 1 heterocycles.